The van der Waals surface area contributed by atoms with Gasteiger partial charge in [0.25, 0.3) is 5.91 Å². The topological polar surface area (TPSA) is 80.5 Å². The Kier molecular flexibility index (Phi) is 9.70. The van der Waals surface area contributed by atoms with Crippen LogP contribution in [0.15, 0.2) is 65.4 Å². The van der Waals surface area contributed by atoms with Gasteiger partial charge in [0.1, 0.15) is 24.5 Å². The van der Waals surface area contributed by atoms with Gasteiger partial charge in [-0.3, -0.25) is 4.79 Å². The average molecular weight is 529 g/mol. The zero-order valence-corrected chi connectivity index (χ0v) is 21.1. The predicted molar refractivity (Wildman–Crippen MR) is 135 cm³/mol. The van der Waals surface area contributed by atoms with Gasteiger partial charge in [0, 0.05) is 17.8 Å². The number of halogens is 1. The highest BCUT2D eigenvalue weighted by molar-refractivity contribution is 9.10. The standard InChI is InChI=1S/C26H30BrN3O4/c1-3-22(29-25(31)20-16-21(27)18-30(4-2)17-20)12-14-34-26(32)28-13-15-33-24-11-7-9-19-8-5-6-10-23(19)24/h5-11,16-18,22H,3-4,12-15H2,1-2H3,(H-,28,29,31,32)/p+1. The van der Waals surface area contributed by atoms with Gasteiger partial charge >= 0.3 is 6.09 Å². The number of benzene rings is 2. The summed E-state index contributed by atoms with van der Waals surface area (Å²) < 4.78 is 13.9. The SMILES string of the molecule is CCC(CCOC(=O)NCCOc1cccc2ccccc12)NC(=O)c1cc(Br)c[n+](CC)c1. The van der Waals surface area contributed by atoms with Crippen LogP contribution < -0.4 is 19.9 Å². The molecule has 0 aliphatic rings. The number of carbonyl (C=O) groups is 2. The van der Waals surface area contributed by atoms with Crippen molar-refractivity contribution in [2.24, 2.45) is 0 Å². The minimum absolute atomic E-state index is 0.0935. The first-order valence-corrected chi connectivity index (χ1v) is 12.3. The van der Waals surface area contributed by atoms with Gasteiger partial charge in [0.15, 0.2) is 12.4 Å². The molecule has 0 saturated heterocycles. The van der Waals surface area contributed by atoms with Crippen molar-refractivity contribution >= 4 is 38.7 Å². The van der Waals surface area contributed by atoms with E-state index in [1.54, 1.807) is 6.07 Å². The van der Waals surface area contributed by atoms with Gasteiger partial charge in [0.2, 0.25) is 0 Å². The Hall–Kier alpha value is -3.13. The second-order valence-electron chi connectivity index (χ2n) is 7.83. The summed E-state index contributed by atoms with van der Waals surface area (Å²) in [5, 5.41) is 7.85. The first-order chi connectivity index (χ1) is 16.5. The second kappa shape index (κ2) is 12.9. The van der Waals surface area contributed by atoms with Gasteiger partial charge in [-0.15, -0.1) is 0 Å². The van der Waals surface area contributed by atoms with Gasteiger partial charge in [-0.2, -0.15) is 0 Å². The van der Waals surface area contributed by atoms with Crippen molar-refractivity contribution in [1.82, 2.24) is 10.6 Å². The molecular formula is C26H31BrN3O4+. The fraction of sp³-hybridized carbons (Fsp3) is 0.346. The molecule has 2 N–H and O–H groups in total. The quantitative estimate of drug-likeness (QED) is 0.281. The minimum Gasteiger partial charge on any atom is -0.491 e. The van der Waals surface area contributed by atoms with Crippen LogP contribution in [-0.2, 0) is 11.3 Å². The zero-order valence-electron chi connectivity index (χ0n) is 19.6. The molecule has 0 saturated carbocycles. The molecule has 180 valence electrons. The maximum absolute atomic E-state index is 12.6. The first kappa shape index (κ1) is 25.5. The maximum Gasteiger partial charge on any atom is 0.407 e. The van der Waals surface area contributed by atoms with Gasteiger partial charge in [-0.05, 0) is 46.8 Å². The maximum atomic E-state index is 12.6. The number of aryl methyl sites for hydroxylation is 1. The molecular weight excluding hydrogens is 498 g/mol. The van der Waals surface area contributed by atoms with Crippen LogP contribution in [0.4, 0.5) is 4.79 Å². The molecule has 0 spiro atoms. The van der Waals surface area contributed by atoms with Crippen LogP contribution in [0.25, 0.3) is 10.8 Å². The summed E-state index contributed by atoms with van der Waals surface area (Å²) in [4.78, 5) is 24.6. The van der Waals surface area contributed by atoms with Crippen molar-refractivity contribution in [1.29, 1.82) is 0 Å². The molecule has 0 aliphatic carbocycles. The number of nitrogens with zero attached hydrogens (tertiary/aromatic N) is 1. The van der Waals surface area contributed by atoms with E-state index in [-0.39, 0.29) is 18.6 Å². The molecule has 1 heterocycles. The Balaban J connectivity index is 1.37. The minimum atomic E-state index is -0.501. The summed E-state index contributed by atoms with van der Waals surface area (Å²) in [5.74, 6) is 0.634. The summed E-state index contributed by atoms with van der Waals surface area (Å²) in [7, 11) is 0. The molecule has 2 aromatic carbocycles. The molecule has 2 amide bonds. The molecule has 0 radical (unpaired) electrons. The number of amides is 2. The summed E-state index contributed by atoms with van der Waals surface area (Å²) in [5.41, 5.74) is 0.583. The van der Waals surface area contributed by atoms with E-state index in [2.05, 4.69) is 26.6 Å². The van der Waals surface area contributed by atoms with Crippen LogP contribution in [0.3, 0.4) is 0 Å². The van der Waals surface area contributed by atoms with Crippen LogP contribution in [-0.4, -0.2) is 37.8 Å². The smallest absolute Gasteiger partial charge is 0.407 e. The number of alkyl carbamates (subject to hydrolysis) is 1. The molecule has 1 unspecified atom stereocenters. The lowest BCUT2D eigenvalue weighted by Gasteiger charge is -2.17. The van der Waals surface area contributed by atoms with Crippen LogP contribution in [0.5, 0.6) is 5.75 Å². The van der Waals surface area contributed by atoms with Gasteiger partial charge in [0.05, 0.1) is 17.6 Å². The van der Waals surface area contributed by atoms with E-state index < -0.39 is 6.09 Å². The first-order valence-electron chi connectivity index (χ1n) is 11.5. The summed E-state index contributed by atoms with van der Waals surface area (Å²) >= 11 is 3.44. The monoisotopic (exact) mass is 528 g/mol. The average Bonchev–Trinajstić information content (AvgIpc) is 2.85. The number of pyridine rings is 1. The number of aromatic nitrogens is 1. The Bertz CT molecular complexity index is 1120. The molecule has 0 aliphatic heterocycles. The normalized spacial score (nSPS) is 11.6. The molecule has 0 bridgehead atoms. The number of carbonyl (C=O) groups excluding carboxylic acids is 2. The molecule has 3 rings (SSSR count). The number of rotatable bonds is 11. The zero-order chi connectivity index (χ0) is 24.3. The van der Waals surface area contributed by atoms with E-state index >= 15 is 0 Å². The Labute approximate surface area is 208 Å². The third kappa shape index (κ3) is 7.45. The van der Waals surface area contributed by atoms with Crippen molar-refractivity contribution in [2.45, 2.75) is 39.3 Å². The van der Waals surface area contributed by atoms with Crippen molar-refractivity contribution in [2.75, 3.05) is 19.8 Å². The van der Waals surface area contributed by atoms with Gasteiger partial charge in [-0.1, -0.05) is 43.3 Å². The fourth-order valence-corrected chi connectivity index (χ4v) is 4.04. The van der Waals surface area contributed by atoms with Crippen molar-refractivity contribution in [3.05, 3.63) is 71.0 Å². The summed E-state index contributed by atoms with van der Waals surface area (Å²) in [6.07, 6.45) is 4.50. The highest BCUT2D eigenvalue weighted by atomic mass is 79.9. The van der Waals surface area contributed by atoms with Crippen LogP contribution in [0.2, 0.25) is 0 Å². The number of ether oxygens (including phenoxy) is 2. The van der Waals surface area contributed by atoms with E-state index in [4.69, 9.17) is 9.47 Å². The Morgan fingerprint density at radius 2 is 1.85 bits per heavy atom. The van der Waals surface area contributed by atoms with E-state index in [0.717, 1.165) is 34.0 Å². The lowest BCUT2D eigenvalue weighted by molar-refractivity contribution is -0.694. The highest BCUT2D eigenvalue weighted by Gasteiger charge is 2.16. The van der Waals surface area contributed by atoms with Gasteiger partial charge in [-0.25, -0.2) is 9.36 Å². The molecule has 3 aromatic rings. The fourth-order valence-electron chi connectivity index (χ4n) is 3.53. The van der Waals surface area contributed by atoms with E-state index in [1.807, 2.05) is 73.3 Å². The lowest BCUT2D eigenvalue weighted by Crippen LogP contribution is -2.38. The third-order valence-electron chi connectivity index (χ3n) is 5.42. The largest absolute Gasteiger partial charge is 0.491 e. The number of nitrogens with one attached hydrogen (secondary N) is 2. The third-order valence-corrected chi connectivity index (χ3v) is 5.85. The van der Waals surface area contributed by atoms with Crippen molar-refractivity contribution < 1.29 is 23.6 Å². The Morgan fingerprint density at radius 3 is 2.65 bits per heavy atom. The van der Waals surface area contributed by atoms with E-state index in [0.29, 0.717) is 25.1 Å². The number of fused-ring (bicyclic) bond motifs is 1. The molecule has 0 fully saturated rings. The summed E-state index contributed by atoms with van der Waals surface area (Å²) in [6, 6.07) is 15.6. The second-order valence-corrected chi connectivity index (χ2v) is 8.74. The van der Waals surface area contributed by atoms with E-state index in [9.17, 15) is 9.59 Å². The highest BCUT2D eigenvalue weighted by Crippen LogP contribution is 2.24. The number of hydrogen-bond acceptors (Lipinski definition) is 4. The number of hydrogen-bond donors (Lipinski definition) is 2. The van der Waals surface area contributed by atoms with Crippen molar-refractivity contribution in [3.63, 3.8) is 0 Å². The molecule has 34 heavy (non-hydrogen) atoms. The molecule has 1 atom stereocenters. The Morgan fingerprint density at radius 1 is 1.06 bits per heavy atom. The molecule has 8 heteroatoms. The predicted octanol–water partition coefficient (Wildman–Crippen LogP) is 4.61. The van der Waals surface area contributed by atoms with Crippen LogP contribution >= 0.6 is 15.9 Å². The van der Waals surface area contributed by atoms with Crippen LogP contribution in [0.1, 0.15) is 37.0 Å². The van der Waals surface area contributed by atoms with E-state index in [1.165, 1.54) is 0 Å². The summed E-state index contributed by atoms with van der Waals surface area (Å²) in [6.45, 7) is 5.65. The van der Waals surface area contributed by atoms with Crippen LogP contribution in [0, 0.1) is 0 Å². The van der Waals surface area contributed by atoms with Crippen molar-refractivity contribution in [3.8, 4) is 5.75 Å². The van der Waals surface area contributed by atoms with Gasteiger partial charge < -0.3 is 20.1 Å². The lowest BCUT2D eigenvalue weighted by atomic mass is 10.1. The molecule has 1 aromatic heterocycles. The molecule has 7 nitrogen and oxygen atoms in total.